The number of fused-ring (bicyclic) bond motifs is 1. The highest BCUT2D eigenvalue weighted by Crippen LogP contribution is 2.31. The zero-order valence-corrected chi connectivity index (χ0v) is 17.8. The lowest BCUT2D eigenvalue weighted by atomic mass is 10.00. The smallest absolute Gasteiger partial charge is 0.408 e. The van der Waals surface area contributed by atoms with E-state index in [0.717, 1.165) is 4.47 Å². The predicted molar refractivity (Wildman–Crippen MR) is 113 cm³/mol. The maximum absolute atomic E-state index is 13.3. The van der Waals surface area contributed by atoms with Gasteiger partial charge in [-0.2, -0.15) is 0 Å². The van der Waals surface area contributed by atoms with Gasteiger partial charge in [0.15, 0.2) is 11.9 Å². The van der Waals surface area contributed by atoms with E-state index in [1.54, 1.807) is 25.1 Å². The van der Waals surface area contributed by atoms with Crippen molar-refractivity contribution in [2.45, 2.75) is 39.3 Å². The molecule has 0 saturated heterocycles. The molecule has 1 unspecified atom stereocenters. The number of carbonyl (C=O) groups is 1. The minimum absolute atomic E-state index is 0.171. The Morgan fingerprint density at radius 3 is 2.46 bits per heavy atom. The zero-order valence-electron chi connectivity index (χ0n) is 16.2. The third-order valence-corrected chi connectivity index (χ3v) is 4.57. The van der Waals surface area contributed by atoms with Gasteiger partial charge >= 0.3 is 6.09 Å². The van der Waals surface area contributed by atoms with E-state index in [4.69, 9.17) is 9.15 Å². The first kappa shape index (κ1) is 20.1. The second-order valence-electron chi connectivity index (χ2n) is 7.60. The Bertz CT molecular complexity index is 1070. The second kappa shape index (κ2) is 7.80. The van der Waals surface area contributed by atoms with Gasteiger partial charge in [0.2, 0.25) is 5.43 Å². The molecule has 146 valence electrons. The Labute approximate surface area is 171 Å². The molecular formula is C22H22BrNO4. The fraction of sp³-hybridized carbons (Fsp3) is 0.273. The van der Waals surface area contributed by atoms with Crippen LogP contribution in [-0.4, -0.2) is 11.6 Å². The molecule has 0 aliphatic rings. The van der Waals surface area contributed by atoms with E-state index in [1.807, 2.05) is 51.1 Å². The molecule has 0 radical (unpaired) electrons. The minimum Gasteiger partial charge on any atom is -0.456 e. The highest BCUT2D eigenvalue weighted by molar-refractivity contribution is 9.10. The Morgan fingerprint density at radius 2 is 1.82 bits per heavy atom. The summed E-state index contributed by atoms with van der Waals surface area (Å²) in [5.41, 5.74) is 0.933. The summed E-state index contributed by atoms with van der Waals surface area (Å²) in [5.74, 6) is 0.315. The Balaban J connectivity index is 2.14. The van der Waals surface area contributed by atoms with E-state index in [0.29, 0.717) is 27.9 Å². The van der Waals surface area contributed by atoms with E-state index in [1.165, 1.54) is 0 Å². The van der Waals surface area contributed by atoms with Crippen molar-refractivity contribution in [1.29, 1.82) is 0 Å². The Kier molecular flexibility index (Phi) is 5.61. The van der Waals surface area contributed by atoms with E-state index in [-0.39, 0.29) is 5.43 Å². The number of carbonyl (C=O) groups excluding carboxylic acids is 1. The molecule has 0 bridgehead atoms. The number of ether oxygens (including phenoxy) is 1. The number of alkyl carbamates (subject to hydrolysis) is 1. The van der Waals surface area contributed by atoms with Crippen molar-refractivity contribution in [3.63, 3.8) is 0 Å². The molecule has 5 nitrogen and oxygen atoms in total. The third-order valence-electron chi connectivity index (χ3n) is 4.07. The molecule has 0 saturated carbocycles. The number of halogens is 1. The molecule has 3 aromatic rings. The third kappa shape index (κ3) is 4.44. The van der Waals surface area contributed by atoms with Crippen LogP contribution in [0.3, 0.4) is 0 Å². The van der Waals surface area contributed by atoms with Crippen LogP contribution in [0.15, 0.2) is 62.2 Å². The molecule has 28 heavy (non-hydrogen) atoms. The molecule has 1 amide bonds. The SMILES string of the molecule is CC(OC(=O)NC(C)(C)C)c1oc2ccc(Br)cc2c(=O)c1-c1ccccc1. The summed E-state index contributed by atoms with van der Waals surface area (Å²) >= 11 is 3.40. The number of hydrogen-bond acceptors (Lipinski definition) is 4. The lowest BCUT2D eigenvalue weighted by Crippen LogP contribution is -2.41. The van der Waals surface area contributed by atoms with Crippen molar-refractivity contribution >= 4 is 33.0 Å². The van der Waals surface area contributed by atoms with Gasteiger partial charge in [0, 0.05) is 10.0 Å². The molecule has 0 spiro atoms. The Morgan fingerprint density at radius 1 is 1.14 bits per heavy atom. The van der Waals surface area contributed by atoms with Gasteiger partial charge in [-0.1, -0.05) is 46.3 Å². The summed E-state index contributed by atoms with van der Waals surface area (Å²) in [7, 11) is 0. The number of hydrogen-bond donors (Lipinski definition) is 1. The molecule has 1 aromatic heterocycles. The number of amides is 1. The standard InChI is InChI=1S/C22H22BrNO4/c1-13(27-21(26)24-22(2,3)4)20-18(14-8-6-5-7-9-14)19(25)16-12-15(23)10-11-17(16)28-20/h5-13H,1-4H3,(H,24,26). The van der Waals surface area contributed by atoms with Crippen LogP contribution in [0.25, 0.3) is 22.1 Å². The van der Waals surface area contributed by atoms with Crippen molar-refractivity contribution in [3.8, 4) is 11.1 Å². The lowest BCUT2D eigenvalue weighted by molar-refractivity contribution is 0.0894. The average molecular weight is 444 g/mol. The fourth-order valence-corrected chi connectivity index (χ4v) is 3.26. The summed E-state index contributed by atoms with van der Waals surface area (Å²) in [4.78, 5) is 25.5. The first-order chi connectivity index (χ1) is 13.2. The zero-order chi connectivity index (χ0) is 20.5. The van der Waals surface area contributed by atoms with Crippen LogP contribution in [0.1, 0.15) is 39.6 Å². The topological polar surface area (TPSA) is 68.5 Å². The van der Waals surface area contributed by atoms with E-state index >= 15 is 0 Å². The second-order valence-corrected chi connectivity index (χ2v) is 8.52. The van der Waals surface area contributed by atoms with Crippen molar-refractivity contribution in [2.75, 3.05) is 0 Å². The van der Waals surface area contributed by atoms with E-state index in [9.17, 15) is 9.59 Å². The monoisotopic (exact) mass is 443 g/mol. The van der Waals surface area contributed by atoms with Gasteiger partial charge in [-0.25, -0.2) is 4.79 Å². The molecule has 1 N–H and O–H groups in total. The molecule has 6 heteroatoms. The normalized spacial score (nSPS) is 12.6. The molecule has 3 rings (SSSR count). The number of benzene rings is 2. The molecule has 1 heterocycles. The van der Waals surface area contributed by atoms with Crippen LogP contribution in [0.2, 0.25) is 0 Å². The molecular weight excluding hydrogens is 422 g/mol. The minimum atomic E-state index is -0.752. The van der Waals surface area contributed by atoms with E-state index < -0.39 is 17.7 Å². The lowest BCUT2D eigenvalue weighted by Gasteiger charge is -2.22. The molecule has 0 aliphatic heterocycles. The van der Waals surface area contributed by atoms with Gasteiger partial charge < -0.3 is 14.5 Å². The maximum Gasteiger partial charge on any atom is 0.408 e. The van der Waals surface area contributed by atoms with Crippen molar-refractivity contribution < 1.29 is 13.9 Å². The van der Waals surface area contributed by atoms with Gasteiger partial charge in [-0.05, 0) is 51.5 Å². The van der Waals surface area contributed by atoms with Crippen LogP contribution >= 0.6 is 15.9 Å². The van der Waals surface area contributed by atoms with Crippen LogP contribution < -0.4 is 10.7 Å². The summed E-state index contributed by atoms with van der Waals surface area (Å²) in [6.07, 6.45) is -1.32. The number of rotatable bonds is 3. The van der Waals surface area contributed by atoms with Gasteiger partial charge in [0.05, 0.1) is 10.9 Å². The highest BCUT2D eigenvalue weighted by atomic mass is 79.9. The molecule has 0 aliphatic carbocycles. The first-order valence-electron chi connectivity index (χ1n) is 8.96. The molecule has 0 fully saturated rings. The van der Waals surface area contributed by atoms with Crippen molar-refractivity contribution in [1.82, 2.24) is 5.32 Å². The fourth-order valence-electron chi connectivity index (χ4n) is 2.90. The first-order valence-corrected chi connectivity index (χ1v) is 9.75. The summed E-state index contributed by atoms with van der Waals surface area (Å²) in [6.45, 7) is 7.28. The van der Waals surface area contributed by atoms with E-state index in [2.05, 4.69) is 21.2 Å². The Hall–Kier alpha value is -2.60. The van der Waals surface area contributed by atoms with Gasteiger partial charge in [-0.3, -0.25) is 4.79 Å². The van der Waals surface area contributed by atoms with Crippen molar-refractivity contribution in [3.05, 3.63) is 69.0 Å². The maximum atomic E-state index is 13.3. The summed E-state index contributed by atoms with van der Waals surface area (Å²) in [5, 5.41) is 3.21. The largest absolute Gasteiger partial charge is 0.456 e. The average Bonchev–Trinajstić information content (AvgIpc) is 2.61. The molecule has 1 atom stereocenters. The van der Waals surface area contributed by atoms with Gasteiger partial charge in [0.1, 0.15) is 5.58 Å². The highest BCUT2D eigenvalue weighted by Gasteiger charge is 2.25. The van der Waals surface area contributed by atoms with Crippen LogP contribution in [0.5, 0.6) is 0 Å². The summed E-state index contributed by atoms with van der Waals surface area (Å²) in [6, 6.07) is 14.5. The van der Waals surface area contributed by atoms with Gasteiger partial charge in [0.25, 0.3) is 0 Å². The van der Waals surface area contributed by atoms with Crippen LogP contribution in [0, 0.1) is 0 Å². The molecule has 2 aromatic carbocycles. The predicted octanol–water partition coefficient (Wildman–Crippen LogP) is 5.81. The van der Waals surface area contributed by atoms with Crippen molar-refractivity contribution in [2.24, 2.45) is 0 Å². The summed E-state index contributed by atoms with van der Waals surface area (Å²) < 4.78 is 12.3. The van der Waals surface area contributed by atoms with Crippen LogP contribution in [0.4, 0.5) is 4.79 Å². The quantitative estimate of drug-likeness (QED) is 0.554. The van der Waals surface area contributed by atoms with Crippen LogP contribution in [-0.2, 0) is 4.74 Å². The van der Waals surface area contributed by atoms with Gasteiger partial charge in [-0.15, -0.1) is 0 Å². The number of nitrogens with one attached hydrogen (secondary N) is 1.